The minimum absolute atomic E-state index is 0.0416. The van der Waals surface area contributed by atoms with Crippen LogP contribution in [0.25, 0.3) is 6.08 Å². The first-order valence-corrected chi connectivity index (χ1v) is 5.88. The van der Waals surface area contributed by atoms with Crippen molar-refractivity contribution >= 4 is 17.7 Å². The van der Waals surface area contributed by atoms with Crippen LogP contribution >= 0.6 is 0 Å². The topological polar surface area (TPSA) is 49.8 Å². The van der Waals surface area contributed by atoms with Crippen LogP contribution < -0.4 is 4.90 Å². The highest BCUT2D eigenvalue weighted by molar-refractivity contribution is 5.85. The first kappa shape index (κ1) is 15.2. The second-order valence-electron chi connectivity index (χ2n) is 4.30. The lowest BCUT2D eigenvalue weighted by molar-refractivity contribution is -0.131. The minimum Gasteiger partial charge on any atom is -0.478 e. The molecule has 4 nitrogen and oxygen atoms in total. The summed E-state index contributed by atoms with van der Waals surface area (Å²) in [4.78, 5) is 12.2. The van der Waals surface area contributed by atoms with Crippen LogP contribution in [0.2, 0.25) is 0 Å². The summed E-state index contributed by atoms with van der Waals surface area (Å²) in [6.07, 6.45) is 2.33. The molecule has 0 heterocycles. The van der Waals surface area contributed by atoms with E-state index in [0.717, 1.165) is 6.08 Å². The van der Waals surface area contributed by atoms with E-state index in [1.807, 2.05) is 6.92 Å². The molecule has 0 aliphatic rings. The smallest absolute Gasteiger partial charge is 0.328 e. The van der Waals surface area contributed by atoms with Crippen LogP contribution in [0.5, 0.6) is 0 Å². The minimum atomic E-state index is -1.06. The summed E-state index contributed by atoms with van der Waals surface area (Å²) in [6, 6.07) is 4.65. The summed E-state index contributed by atoms with van der Waals surface area (Å²) in [7, 11) is 3.38. The number of hydrogen-bond acceptors (Lipinski definition) is 3. The number of carboxylic acid groups (broad SMARTS) is 1. The third-order valence-electron chi connectivity index (χ3n) is 2.84. The Hall–Kier alpha value is -1.88. The third kappa shape index (κ3) is 4.37. The Morgan fingerprint density at radius 1 is 1.58 bits per heavy atom. The number of carboxylic acids is 1. The third-order valence-corrected chi connectivity index (χ3v) is 2.84. The molecule has 0 saturated carbocycles. The van der Waals surface area contributed by atoms with Crippen molar-refractivity contribution in [3.05, 3.63) is 35.7 Å². The summed E-state index contributed by atoms with van der Waals surface area (Å²) in [5, 5.41) is 8.52. The highest BCUT2D eigenvalue weighted by Gasteiger charge is 2.13. The number of carbonyl (C=O) groups is 1. The number of methoxy groups -OCH3 is 1. The predicted molar refractivity (Wildman–Crippen MR) is 72.8 cm³/mol. The number of rotatable bonds is 6. The molecular weight excluding hydrogens is 249 g/mol. The van der Waals surface area contributed by atoms with Gasteiger partial charge in [0.2, 0.25) is 0 Å². The molecule has 5 heteroatoms. The van der Waals surface area contributed by atoms with Crippen LogP contribution in [0.15, 0.2) is 24.3 Å². The van der Waals surface area contributed by atoms with Gasteiger partial charge in [0, 0.05) is 26.3 Å². The molecule has 0 aromatic heterocycles. The van der Waals surface area contributed by atoms with Crippen LogP contribution in [0, 0.1) is 5.82 Å². The van der Waals surface area contributed by atoms with Crippen molar-refractivity contribution in [1.82, 2.24) is 0 Å². The van der Waals surface area contributed by atoms with Crippen molar-refractivity contribution in [3.63, 3.8) is 0 Å². The van der Waals surface area contributed by atoms with Gasteiger partial charge in [-0.05, 0) is 30.7 Å². The van der Waals surface area contributed by atoms with E-state index in [0.29, 0.717) is 17.9 Å². The molecule has 0 aliphatic heterocycles. The van der Waals surface area contributed by atoms with Gasteiger partial charge in [-0.1, -0.05) is 6.07 Å². The summed E-state index contributed by atoms with van der Waals surface area (Å²) in [5.74, 6) is -1.45. The van der Waals surface area contributed by atoms with E-state index < -0.39 is 11.8 Å². The van der Waals surface area contributed by atoms with E-state index in [4.69, 9.17) is 9.84 Å². The van der Waals surface area contributed by atoms with Crippen molar-refractivity contribution < 1.29 is 19.0 Å². The van der Waals surface area contributed by atoms with Gasteiger partial charge >= 0.3 is 5.97 Å². The summed E-state index contributed by atoms with van der Waals surface area (Å²) >= 11 is 0. The average molecular weight is 267 g/mol. The van der Waals surface area contributed by atoms with Gasteiger partial charge in [0.15, 0.2) is 0 Å². The van der Waals surface area contributed by atoms with E-state index >= 15 is 0 Å². The van der Waals surface area contributed by atoms with Gasteiger partial charge in [-0.2, -0.15) is 0 Å². The molecular formula is C14H18FNO3. The Bertz CT molecular complexity index is 474. The van der Waals surface area contributed by atoms with E-state index in [1.165, 1.54) is 12.1 Å². The van der Waals surface area contributed by atoms with E-state index in [9.17, 15) is 9.18 Å². The standard InChI is InChI=1S/C14H18FNO3/c1-10(9-19-3)16(2)13-6-4-11(8-12(13)15)5-7-14(17)18/h4-8,10H,9H2,1-3H3,(H,17,18)/b7-5+. The number of halogens is 1. The molecule has 1 N–H and O–H groups in total. The molecule has 0 fully saturated rings. The molecule has 0 bridgehead atoms. The second-order valence-corrected chi connectivity index (χ2v) is 4.30. The fourth-order valence-electron chi connectivity index (χ4n) is 1.67. The molecule has 1 aromatic carbocycles. The quantitative estimate of drug-likeness (QED) is 0.804. The van der Waals surface area contributed by atoms with Crippen LogP contribution in [0.1, 0.15) is 12.5 Å². The van der Waals surface area contributed by atoms with Gasteiger partial charge in [0.1, 0.15) is 5.82 Å². The van der Waals surface area contributed by atoms with Crippen molar-refractivity contribution in [1.29, 1.82) is 0 Å². The average Bonchev–Trinajstić information content (AvgIpc) is 2.36. The Balaban J connectivity index is 2.91. The molecule has 104 valence electrons. The Labute approximate surface area is 112 Å². The molecule has 1 unspecified atom stereocenters. The van der Waals surface area contributed by atoms with E-state index in [1.54, 1.807) is 31.2 Å². The fraction of sp³-hybridized carbons (Fsp3) is 0.357. The maximum absolute atomic E-state index is 14.0. The number of nitrogens with zero attached hydrogens (tertiary/aromatic N) is 1. The lowest BCUT2D eigenvalue weighted by atomic mass is 10.1. The molecule has 1 atom stereocenters. The number of hydrogen-bond donors (Lipinski definition) is 1. The maximum Gasteiger partial charge on any atom is 0.328 e. The molecule has 19 heavy (non-hydrogen) atoms. The molecule has 0 spiro atoms. The first-order chi connectivity index (χ1) is 8.95. The molecule has 0 radical (unpaired) electrons. The van der Waals surface area contributed by atoms with Crippen molar-refractivity contribution in [2.24, 2.45) is 0 Å². The van der Waals surface area contributed by atoms with Crippen molar-refractivity contribution in [2.45, 2.75) is 13.0 Å². The summed E-state index contributed by atoms with van der Waals surface area (Å²) in [6.45, 7) is 2.43. The first-order valence-electron chi connectivity index (χ1n) is 5.88. The van der Waals surface area contributed by atoms with Gasteiger partial charge in [0.05, 0.1) is 12.3 Å². The van der Waals surface area contributed by atoms with Crippen LogP contribution in [-0.4, -0.2) is 37.9 Å². The van der Waals surface area contributed by atoms with Crippen molar-refractivity contribution in [3.8, 4) is 0 Å². The Kier molecular flexibility index (Phi) is 5.51. The zero-order valence-corrected chi connectivity index (χ0v) is 11.3. The highest BCUT2D eigenvalue weighted by Crippen LogP contribution is 2.22. The van der Waals surface area contributed by atoms with Gasteiger partial charge in [0.25, 0.3) is 0 Å². The lowest BCUT2D eigenvalue weighted by Crippen LogP contribution is -2.33. The fourth-order valence-corrected chi connectivity index (χ4v) is 1.67. The summed E-state index contributed by atoms with van der Waals surface area (Å²) in [5.41, 5.74) is 0.966. The monoisotopic (exact) mass is 267 g/mol. The van der Waals surface area contributed by atoms with Crippen LogP contribution in [0.4, 0.5) is 10.1 Å². The number of benzene rings is 1. The molecule has 1 aromatic rings. The molecule has 0 amide bonds. The van der Waals surface area contributed by atoms with Gasteiger partial charge < -0.3 is 14.7 Å². The number of anilines is 1. The molecule has 0 saturated heterocycles. The normalized spacial score (nSPS) is 12.6. The van der Waals surface area contributed by atoms with E-state index in [2.05, 4.69) is 0 Å². The summed E-state index contributed by atoms with van der Waals surface area (Å²) < 4.78 is 19.0. The highest BCUT2D eigenvalue weighted by atomic mass is 19.1. The number of likely N-dealkylation sites (N-methyl/N-ethyl adjacent to an activating group) is 1. The Morgan fingerprint density at radius 2 is 2.26 bits per heavy atom. The van der Waals surface area contributed by atoms with Gasteiger partial charge in [-0.25, -0.2) is 9.18 Å². The maximum atomic E-state index is 14.0. The zero-order chi connectivity index (χ0) is 14.4. The number of aliphatic carboxylic acids is 1. The van der Waals surface area contributed by atoms with Crippen LogP contribution in [-0.2, 0) is 9.53 Å². The largest absolute Gasteiger partial charge is 0.478 e. The molecule has 0 aliphatic carbocycles. The molecule has 1 rings (SSSR count). The zero-order valence-electron chi connectivity index (χ0n) is 11.3. The van der Waals surface area contributed by atoms with E-state index in [-0.39, 0.29) is 6.04 Å². The number of ether oxygens (including phenoxy) is 1. The van der Waals surface area contributed by atoms with Crippen LogP contribution in [0.3, 0.4) is 0 Å². The second kappa shape index (κ2) is 6.89. The Morgan fingerprint density at radius 3 is 2.79 bits per heavy atom. The van der Waals surface area contributed by atoms with Crippen molar-refractivity contribution in [2.75, 3.05) is 25.7 Å². The predicted octanol–water partition coefficient (Wildman–Crippen LogP) is 2.39. The van der Waals surface area contributed by atoms with Gasteiger partial charge in [-0.3, -0.25) is 0 Å². The van der Waals surface area contributed by atoms with Gasteiger partial charge in [-0.15, -0.1) is 0 Å². The lowest BCUT2D eigenvalue weighted by Gasteiger charge is -2.26. The SMILES string of the molecule is COCC(C)N(C)c1ccc(/C=C/C(=O)O)cc1F.